The van der Waals surface area contributed by atoms with Crippen molar-refractivity contribution in [3.05, 3.63) is 0 Å². The van der Waals surface area contributed by atoms with Crippen LogP contribution >= 0.6 is 0 Å². The van der Waals surface area contributed by atoms with Crippen LogP contribution in [0.15, 0.2) is 0 Å². The summed E-state index contributed by atoms with van der Waals surface area (Å²) in [6.07, 6.45) is 19.0. The van der Waals surface area contributed by atoms with Gasteiger partial charge in [-0.05, 0) is 60.3 Å². The third-order valence-corrected chi connectivity index (χ3v) is 24.4. The first-order valence-corrected chi connectivity index (χ1v) is 18.9. The van der Waals surface area contributed by atoms with Gasteiger partial charge in [0.05, 0.1) is 0 Å². The second-order valence-corrected chi connectivity index (χ2v) is 22.9. The molecule has 0 saturated heterocycles. The van der Waals surface area contributed by atoms with Gasteiger partial charge in [-0.2, -0.15) is 0 Å². The van der Waals surface area contributed by atoms with Crippen molar-refractivity contribution in [2.24, 2.45) is 35.5 Å². The largest absolute Gasteiger partial charge is 0.0739 e. The van der Waals surface area contributed by atoms with Gasteiger partial charge in [0, 0.05) is 16.6 Å². The molecule has 4 rings (SSSR count). The van der Waals surface area contributed by atoms with Crippen LogP contribution in [0.3, 0.4) is 0 Å². The normalized spacial score (nSPS) is 47.5. The number of unbranched alkanes of at least 4 members (excludes halogenated alkanes) is 1. The van der Waals surface area contributed by atoms with Crippen LogP contribution in [-0.4, -0.2) is 16.6 Å². The summed E-state index contributed by atoms with van der Waals surface area (Å²) in [4.78, 5) is 0. The van der Waals surface area contributed by atoms with E-state index in [9.17, 15) is 0 Å². The van der Waals surface area contributed by atoms with E-state index in [1.165, 1.54) is 29.8 Å². The molecule has 26 heavy (non-hydrogen) atoms. The molecule has 0 spiro atoms. The summed E-state index contributed by atoms with van der Waals surface area (Å²) in [5, 5.41) is 0. The predicted octanol–water partition coefficient (Wildman–Crippen LogP) is 6.99. The van der Waals surface area contributed by atoms with Crippen LogP contribution in [0.2, 0.25) is 24.2 Å². The molecule has 0 nitrogen and oxygen atoms in total. The highest BCUT2D eigenvalue weighted by molar-refractivity contribution is 7.22. The maximum atomic E-state index is 2.87. The summed E-state index contributed by atoms with van der Waals surface area (Å²) in [6.45, 7) is 10.8. The summed E-state index contributed by atoms with van der Waals surface area (Å²) in [7, 11) is -0.929. The summed E-state index contributed by atoms with van der Waals surface area (Å²) in [6, 6.07) is 0. The fourth-order valence-corrected chi connectivity index (χ4v) is 21.2. The highest BCUT2D eigenvalue weighted by Crippen LogP contribution is 2.59. The van der Waals surface area contributed by atoms with Crippen molar-refractivity contribution < 1.29 is 0 Å². The summed E-state index contributed by atoms with van der Waals surface area (Å²) in [5.74, 6) is 6.83. The number of hydrogen-bond donors (Lipinski definition) is 0. The molecule has 10 unspecified atom stereocenters. The van der Waals surface area contributed by atoms with Gasteiger partial charge in [-0.25, -0.2) is 0 Å². The van der Waals surface area contributed by atoms with E-state index >= 15 is 0 Å². The fourth-order valence-electron chi connectivity index (χ4n) is 8.67. The topological polar surface area (TPSA) is 0 Å². The molecule has 0 aromatic carbocycles. The standard InChI is InChI=1S/C24H46Si2/c1-5-6-8-18-11-12-20(15-18)25(3)26(4)24-14-13-22-17(2)21-10-7-9-19(21)16-23(22)24/h17-26H,5-16H2,1-4H3. The zero-order valence-corrected chi connectivity index (χ0v) is 20.6. The number of hydrogen-bond acceptors (Lipinski definition) is 0. The van der Waals surface area contributed by atoms with Crippen molar-refractivity contribution in [1.82, 2.24) is 0 Å². The van der Waals surface area contributed by atoms with Crippen molar-refractivity contribution in [3.63, 3.8) is 0 Å². The highest BCUT2D eigenvalue weighted by atomic mass is 29.2. The van der Waals surface area contributed by atoms with Crippen molar-refractivity contribution in [2.75, 3.05) is 0 Å². The second kappa shape index (κ2) is 8.43. The number of fused-ring (bicyclic) bond motifs is 2. The Kier molecular flexibility index (Phi) is 6.40. The first-order chi connectivity index (χ1) is 12.6. The van der Waals surface area contributed by atoms with Crippen LogP contribution in [0, 0.1) is 35.5 Å². The maximum Gasteiger partial charge on any atom is 0.0285 e. The van der Waals surface area contributed by atoms with Crippen molar-refractivity contribution >= 4 is 16.6 Å². The molecular formula is C24H46Si2. The van der Waals surface area contributed by atoms with Gasteiger partial charge in [0.15, 0.2) is 0 Å². The molecule has 4 saturated carbocycles. The van der Waals surface area contributed by atoms with Crippen LogP contribution < -0.4 is 0 Å². The molecule has 0 aliphatic heterocycles. The lowest BCUT2D eigenvalue weighted by atomic mass is 9.65. The lowest BCUT2D eigenvalue weighted by Gasteiger charge is -2.44. The molecule has 0 amide bonds. The molecule has 0 heterocycles. The van der Waals surface area contributed by atoms with Gasteiger partial charge >= 0.3 is 0 Å². The van der Waals surface area contributed by atoms with Gasteiger partial charge in [0.1, 0.15) is 0 Å². The van der Waals surface area contributed by atoms with E-state index in [4.69, 9.17) is 0 Å². The molecule has 0 aromatic heterocycles. The molecule has 0 N–H and O–H groups in total. The molecule has 2 heteroatoms. The molecule has 0 radical (unpaired) electrons. The molecule has 0 aromatic rings. The van der Waals surface area contributed by atoms with Gasteiger partial charge in [-0.1, -0.05) is 90.3 Å². The van der Waals surface area contributed by atoms with E-state index in [0.29, 0.717) is 0 Å². The fraction of sp³-hybridized carbons (Fsp3) is 1.00. The Hall–Kier alpha value is 0.434. The lowest BCUT2D eigenvalue weighted by molar-refractivity contribution is 0.0850. The smallest absolute Gasteiger partial charge is 0.0285 e. The lowest BCUT2D eigenvalue weighted by Crippen LogP contribution is -2.42. The summed E-state index contributed by atoms with van der Waals surface area (Å²) < 4.78 is 0. The zero-order chi connectivity index (χ0) is 18.3. The zero-order valence-electron chi connectivity index (χ0n) is 18.3. The van der Waals surface area contributed by atoms with Crippen molar-refractivity contribution in [2.45, 2.75) is 115 Å². The summed E-state index contributed by atoms with van der Waals surface area (Å²) >= 11 is 0. The minimum absolute atomic E-state index is 0.452. The average molecular weight is 391 g/mol. The molecule has 0 bridgehead atoms. The van der Waals surface area contributed by atoms with E-state index in [-0.39, 0.29) is 0 Å². The minimum Gasteiger partial charge on any atom is -0.0739 e. The molecule has 4 aliphatic rings. The third kappa shape index (κ3) is 3.67. The Balaban J connectivity index is 1.37. The Morgan fingerprint density at radius 3 is 2.46 bits per heavy atom. The van der Waals surface area contributed by atoms with Gasteiger partial charge in [-0.15, -0.1) is 0 Å². The number of rotatable bonds is 6. The van der Waals surface area contributed by atoms with Gasteiger partial charge in [0.2, 0.25) is 0 Å². The van der Waals surface area contributed by atoms with Gasteiger partial charge in [0.25, 0.3) is 0 Å². The first kappa shape index (κ1) is 19.7. The van der Waals surface area contributed by atoms with E-state index < -0.39 is 16.6 Å². The molecule has 150 valence electrons. The average Bonchev–Trinajstić information content (AvgIpc) is 3.38. The van der Waals surface area contributed by atoms with Crippen LogP contribution in [-0.2, 0) is 0 Å². The SMILES string of the molecule is CCCCC1CCC([SiH](C)[SiH](C)C2CCC3C(C)C4CCCC4CC32)C1. The van der Waals surface area contributed by atoms with E-state index in [1.54, 1.807) is 64.2 Å². The molecule has 4 fully saturated rings. The third-order valence-electron chi connectivity index (χ3n) is 10.4. The first-order valence-electron chi connectivity index (χ1n) is 12.6. The van der Waals surface area contributed by atoms with Gasteiger partial charge < -0.3 is 0 Å². The highest BCUT2D eigenvalue weighted by Gasteiger charge is 2.51. The molecule has 4 aliphatic carbocycles. The Bertz CT molecular complexity index is 463. The van der Waals surface area contributed by atoms with Crippen LogP contribution in [0.5, 0.6) is 0 Å². The summed E-state index contributed by atoms with van der Waals surface area (Å²) in [5.41, 5.74) is 2.51. The van der Waals surface area contributed by atoms with E-state index in [0.717, 1.165) is 29.6 Å². The van der Waals surface area contributed by atoms with Crippen LogP contribution in [0.1, 0.15) is 90.9 Å². The monoisotopic (exact) mass is 390 g/mol. The van der Waals surface area contributed by atoms with E-state index in [1.807, 2.05) is 0 Å². The predicted molar refractivity (Wildman–Crippen MR) is 121 cm³/mol. The minimum atomic E-state index is -0.477. The quantitative estimate of drug-likeness (QED) is 0.429. The van der Waals surface area contributed by atoms with Crippen molar-refractivity contribution in [3.8, 4) is 0 Å². The Morgan fingerprint density at radius 2 is 1.65 bits per heavy atom. The molecular weight excluding hydrogens is 344 g/mol. The van der Waals surface area contributed by atoms with Crippen LogP contribution in [0.4, 0.5) is 0 Å². The maximum absolute atomic E-state index is 2.87. The Morgan fingerprint density at radius 1 is 0.808 bits per heavy atom. The van der Waals surface area contributed by atoms with Crippen molar-refractivity contribution in [1.29, 1.82) is 0 Å². The van der Waals surface area contributed by atoms with Crippen LogP contribution in [0.25, 0.3) is 0 Å². The Labute approximate surface area is 167 Å². The van der Waals surface area contributed by atoms with Gasteiger partial charge in [-0.3, -0.25) is 0 Å². The van der Waals surface area contributed by atoms with E-state index in [2.05, 4.69) is 26.9 Å². The second-order valence-electron chi connectivity index (χ2n) is 11.3. The molecule has 10 atom stereocenters.